The molecular weight excluding hydrogens is 242 g/mol. The molecule has 2 aliphatic rings. The third kappa shape index (κ3) is 3.07. The van der Waals surface area contributed by atoms with E-state index in [9.17, 15) is 10.1 Å². The summed E-state index contributed by atoms with van der Waals surface area (Å²) in [6.07, 6.45) is 4.56. The number of amides is 1. The molecule has 5 nitrogen and oxygen atoms in total. The maximum atomic E-state index is 12.6. The van der Waals surface area contributed by atoms with Gasteiger partial charge in [-0.1, -0.05) is 19.3 Å². The van der Waals surface area contributed by atoms with E-state index in [1.54, 1.807) is 0 Å². The van der Waals surface area contributed by atoms with Gasteiger partial charge in [0.25, 0.3) is 0 Å². The molecule has 2 fully saturated rings. The first kappa shape index (κ1) is 14.3. The van der Waals surface area contributed by atoms with Crippen LogP contribution in [0.3, 0.4) is 0 Å². The molecule has 0 radical (unpaired) electrons. The zero-order chi connectivity index (χ0) is 13.7. The number of hydrogen-bond donors (Lipinski definition) is 1. The molecule has 19 heavy (non-hydrogen) atoms. The second-order valence-electron chi connectivity index (χ2n) is 5.61. The van der Waals surface area contributed by atoms with Crippen LogP contribution in [0.1, 0.15) is 32.1 Å². The molecule has 0 aromatic heterocycles. The number of piperazine rings is 1. The summed E-state index contributed by atoms with van der Waals surface area (Å²) in [4.78, 5) is 16.6. The van der Waals surface area contributed by atoms with Gasteiger partial charge in [-0.25, -0.2) is 0 Å². The molecule has 0 spiro atoms. The number of carbonyl (C=O) groups is 1. The molecule has 0 aromatic rings. The Morgan fingerprint density at radius 3 is 2.32 bits per heavy atom. The first-order chi connectivity index (χ1) is 9.22. The lowest BCUT2D eigenvalue weighted by Gasteiger charge is -2.39. The van der Waals surface area contributed by atoms with Gasteiger partial charge < -0.3 is 10.0 Å². The Morgan fingerprint density at radius 2 is 1.79 bits per heavy atom. The summed E-state index contributed by atoms with van der Waals surface area (Å²) in [7, 11) is 0. The van der Waals surface area contributed by atoms with E-state index < -0.39 is 5.41 Å². The van der Waals surface area contributed by atoms with Gasteiger partial charge >= 0.3 is 0 Å². The Kier molecular flexibility index (Phi) is 4.78. The minimum Gasteiger partial charge on any atom is -0.395 e. The number of aliphatic hydroxyl groups is 1. The van der Waals surface area contributed by atoms with Crippen LogP contribution in [0.4, 0.5) is 0 Å². The number of hydrogen-bond acceptors (Lipinski definition) is 4. The summed E-state index contributed by atoms with van der Waals surface area (Å²) in [6.45, 7) is 3.80. The standard InChI is InChI=1S/C14H23N3O2/c15-12-14(4-2-1-3-5-14)13(19)17-8-6-16(7-9-17)10-11-18/h18H,1-11H2. The quantitative estimate of drug-likeness (QED) is 0.811. The van der Waals surface area contributed by atoms with Crippen LogP contribution in [-0.2, 0) is 4.79 Å². The zero-order valence-corrected chi connectivity index (χ0v) is 11.5. The van der Waals surface area contributed by atoms with Gasteiger partial charge in [0.2, 0.25) is 5.91 Å². The van der Waals surface area contributed by atoms with E-state index in [2.05, 4.69) is 11.0 Å². The van der Waals surface area contributed by atoms with Gasteiger partial charge in [0, 0.05) is 32.7 Å². The maximum Gasteiger partial charge on any atom is 0.243 e. The molecule has 0 aromatic carbocycles. The van der Waals surface area contributed by atoms with Crippen LogP contribution in [0, 0.1) is 16.7 Å². The van der Waals surface area contributed by atoms with Crippen molar-refractivity contribution >= 4 is 5.91 Å². The molecule has 1 aliphatic carbocycles. The number of β-amino-alcohol motifs (C(OH)–C–C–N with tert-alkyl or cyclic N) is 1. The predicted molar refractivity (Wildman–Crippen MR) is 71.2 cm³/mol. The number of nitrogens with zero attached hydrogens (tertiary/aromatic N) is 3. The smallest absolute Gasteiger partial charge is 0.243 e. The van der Waals surface area contributed by atoms with E-state index in [1.165, 1.54) is 0 Å². The fourth-order valence-electron chi connectivity index (χ4n) is 3.15. The molecule has 1 N–H and O–H groups in total. The van der Waals surface area contributed by atoms with Crippen molar-refractivity contribution in [2.24, 2.45) is 5.41 Å². The Bertz CT molecular complexity index is 350. The van der Waals surface area contributed by atoms with E-state index >= 15 is 0 Å². The summed E-state index contributed by atoms with van der Waals surface area (Å²) in [5.74, 6) is 0.0401. The minimum atomic E-state index is -0.753. The number of aliphatic hydroxyl groups excluding tert-OH is 1. The molecule has 2 rings (SSSR count). The summed E-state index contributed by atoms with van der Waals surface area (Å²) in [6, 6.07) is 2.31. The van der Waals surface area contributed by atoms with Crippen molar-refractivity contribution < 1.29 is 9.90 Å². The normalized spacial score (nSPS) is 23.9. The first-order valence-corrected chi connectivity index (χ1v) is 7.26. The largest absolute Gasteiger partial charge is 0.395 e. The van der Waals surface area contributed by atoms with E-state index in [0.29, 0.717) is 19.6 Å². The van der Waals surface area contributed by atoms with E-state index in [1.807, 2.05) is 4.90 Å². The first-order valence-electron chi connectivity index (χ1n) is 7.26. The summed E-state index contributed by atoms with van der Waals surface area (Å²) < 4.78 is 0. The van der Waals surface area contributed by atoms with Crippen LogP contribution in [0.2, 0.25) is 0 Å². The highest BCUT2D eigenvalue weighted by molar-refractivity contribution is 5.85. The van der Waals surface area contributed by atoms with E-state index in [4.69, 9.17) is 5.11 Å². The topological polar surface area (TPSA) is 67.6 Å². The molecule has 1 amide bonds. The summed E-state index contributed by atoms with van der Waals surface area (Å²) >= 11 is 0. The van der Waals surface area contributed by atoms with Crippen LogP contribution in [0.5, 0.6) is 0 Å². The predicted octanol–water partition coefficient (Wildman–Crippen LogP) is 0.597. The number of rotatable bonds is 3. The van der Waals surface area contributed by atoms with Crippen molar-refractivity contribution in [3.05, 3.63) is 0 Å². The van der Waals surface area contributed by atoms with Gasteiger partial charge in [-0.2, -0.15) is 5.26 Å². The van der Waals surface area contributed by atoms with Gasteiger partial charge in [0.05, 0.1) is 12.7 Å². The van der Waals surface area contributed by atoms with Crippen molar-refractivity contribution in [2.75, 3.05) is 39.3 Å². The Hall–Kier alpha value is -1.12. The van der Waals surface area contributed by atoms with Gasteiger partial charge in [0.15, 0.2) is 0 Å². The molecule has 1 heterocycles. The van der Waals surface area contributed by atoms with Crippen LogP contribution < -0.4 is 0 Å². The van der Waals surface area contributed by atoms with Crippen LogP contribution in [0.25, 0.3) is 0 Å². The lowest BCUT2D eigenvalue weighted by atomic mass is 9.74. The molecule has 1 saturated heterocycles. The van der Waals surface area contributed by atoms with Gasteiger partial charge in [-0.05, 0) is 12.8 Å². The average molecular weight is 265 g/mol. The fraction of sp³-hybridized carbons (Fsp3) is 0.857. The van der Waals surface area contributed by atoms with Crippen molar-refractivity contribution in [1.29, 1.82) is 5.26 Å². The lowest BCUT2D eigenvalue weighted by Crippen LogP contribution is -2.53. The molecule has 0 atom stereocenters. The van der Waals surface area contributed by atoms with Crippen molar-refractivity contribution in [3.8, 4) is 6.07 Å². The Balaban J connectivity index is 1.95. The summed E-state index contributed by atoms with van der Waals surface area (Å²) in [5.41, 5.74) is -0.753. The van der Waals surface area contributed by atoms with E-state index in [0.717, 1.165) is 45.2 Å². The monoisotopic (exact) mass is 265 g/mol. The second-order valence-corrected chi connectivity index (χ2v) is 5.61. The molecule has 1 aliphatic heterocycles. The van der Waals surface area contributed by atoms with E-state index in [-0.39, 0.29) is 12.5 Å². The number of carbonyl (C=O) groups excluding carboxylic acids is 1. The highest BCUT2D eigenvalue weighted by Gasteiger charge is 2.42. The molecule has 5 heteroatoms. The molecule has 0 unspecified atom stereocenters. The van der Waals surface area contributed by atoms with Crippen LogP contribution >= 0.6 is 0 Å². The van der Waals surface area contributed by atoms with Gasteiger partial charge in [-0.3, -0.25) is 9.69 Å². The Morgan fingerprint density at radius 1 is 1.16 bits per heavy atom. The molecule has 106 valence electrons. The second kappa shape index (κ2) is 6.36. The molecule has 1 saturated carbocycles. The maximum absolute atomic E-state index is 12.6. The fourth-order valence-corrected chi connectivity index (χ4v) is 3.15. The number of nitriles is 1. The van der Waals surface area contributed by atoms with Crippen LogP contribution in [0.15, 0.2) is 0 Å². The van der Waals surface area contributed by atoms with Crippen molar-refractivity contribution in [1.82, 2.24) is 9.80 Å². The van der Waals surface area contributed by atoms with Crippen LogP contribution in [-0.4, -0.2) is 60.1 Å². The van der Waals surface area contributed by atoms with Gasteiger partial charge in [0.1, 0.15) is 5.41 Å². The summed E-state index contributed by atoms with van der Waals surface area (Å²) in [5, 5.41) is 18.3. The van der Waals surface area contributed by atoms with Crippen molar-refractivity contribution in [3.63, 3.8) is 0 Å². The third-order valence-electron chi connectivity index (χ3n) is 4.41. The highest BCUT2D eigenvalue weighted by Crippen LogP contribution is 2.37. The highest BCUT2D eigenvalue weighted by atomic mass is 16.3. The third-order valence-corrected chi connectivity index (χ3v) is 4.41. The zero-order valence-electron chi connectivity index (χ0n) is 11.5. The molecular formula is C14H23N3O2. The van der Waals surface area contributed by atoms with Gasteiger partial charge in [-0.15, -0.1) is 0 Å². The minimum absolute atomic E-state index is 0.0401. The Labute approximate surface area is 114 Å². The average Bonchev–Trinajstić information content (AvgIpc) is 2.48. The lowest BCUT2D eigenvalue weighted by molar-refractivity contribution is -0.142. The van der Waals surface area contributed by atoms with Crippen molar-refractivity contribution in [2.45, 2.75) is 32.1 Å². The molecule has 0 bridgehead atoms. The SMILES string of the molecule is N#CC1(C(=O)N2CCN(CCO)CC2)CCCCC1.